The van der Waals surface area contributed by atoms with Crippen molar-refractivity contribution in [1.29, 1.82) is 0 Å². The Kier molecular flexibility index (Phi) is 11.0. The minimum atomic E-state index is -4.03. The average Bonchev–Trinajstić information content (AvgIpc) is 2.91. The Balaban J connectivity index is 2.10. The largest absolute Gasteiger partial charge is 0.352 e. The van der Waals surface area contributed by atoms with Crippen molar-refractivity contribution in [2.45, 2.75) is 45.3 Å². The van der Waals surface area contributed by atoms with Gasteiger partial charge in [-0.15, -0.1) is 0 Å². The lowest BCUT2D eigenvalue weighted by molar-refractivity contribution is -0.140. The van der Waals surface area contributed by atoms with Gasteiger partial charge in [-0.3, -0.25) is 13.9 Å². The third-order valence-corrected chi connectivity index (χ3v) is 8.39. The van der Waals surface area contributed by atoms with E-state index < -0.39 is 40.2 Å². The zero-order valence-corrected chi connectivity index (χ0v) is 24.8. The number of carbonyl (C=O) groups is 2. The minimum absolute atomic E-state index is 0.0134. The van der Waals surface area contributed by atoms with Crippen LogP contribution in [0.3, 0.4) is 0 Å². The first kappa shape index (κ1) is 31.4. The lowest BCUT2D eigenvalue weighted by atomic mass is 10.0. The van der Waals surface area contributed by atoms with E-state index in [0.29, 0.717) is 6.42 Å². The summed E-state index contributed by atoms with van der Waals surface area (Å²) in [5.74, 6) is -1.71. The Morgan fingerprint density at radius 3 is 2.25 bits per heavy atom. The van der Waals surface area contributed by atoms with Gasteiger partial charge in [-0.25, -0.2) is 12.8 Å². The quantitative estimate of drug-likeness (QED) is 0.296. The van der Waals surface area contributed by atoms with Crippen LogP contribution in [0.15, 0.2) is 72.8 Å². The Hall–Kier alpha value is -3.14. The van der Waals surface area contributed by atoms with Crippen LogP contribution in [-0.4, -0.2) is 50.0 Å². The molecule has 0 aliphatic carbocycles. The number of amides is 2. The lowest BCUT2D eigenvalue weighted by Gasteiger charge is -2.34. The zero-order chi connectivity index (χ0) is 29.4. The fraction of sp³-hybridized carbons (Fsp3) is 0.310. The van der Waals surface area contributed by atoms with Crippen molar-refractivity contribution in [1.82, 2.24) is 10.2 Å². The van der Waals surface area contributed by atoms with E-state index in [-0.39, 0.29) is 40.3 Å². The molecule has 0 fully saturated rings. The summed E-state index contributed by atoms with van der Waals surface area (Å²) in [4.78, 5) is 28.9. The molecule has 0 saturated carbocycles. The predicted octanol–water partition coefficient (Wildman–Crippen LogP) is 5.45. The predicted molar refractivity (Wildman–Crippen MR) is 157 cm³/mol. The highest BCUT2D eigenvalue weighted by Crippen LogP contribution is 2.34. The Labute approximate surface area is 244 Å². The number of benzene rings is 3. The zero-order valence-electron chi connectivity index (χ0n) is 22.5. The number of carbonyl (C=O) groups excluding carboxylic acids is 2. The van der Waals surface area contributed by atoms with Crippen LogP contribution >= 0.6 is 23.2 Å². The van der Waals surface area contributed by atoms with Crippen LogP contribution in [0.1, 0.15) is 31.4 Å². The molecule has 11 heteroatoms. The molecule has 0 spiro atoms. The summed E-state index contributed by atoms with van der Waals surface area (Å²) in [6.45, 7) is 2.80. The Bertz CT molecular complexity index is 1440. The molecule has 1 N–H and O–H groups in total. The smallest absolute Gasteiger partial charge is 0.244 e. The van der Waals surface area contributed by atoms with Crippen LogP contribution < -0.4 is 9.62 Å². The topological polar surface area (TPSA) is 86.8 Å². The van der Waals surface area contributed by atoms with Crippen LogP contribution in [0.5, 0.6) is 0 Å². The second kappa shape index (κ2) is 14.0. The second-order valence-corrected chi connectivity index (χ2v) is 12.2. The van der Waals surface area contributed by atoms with E-state index in [4.69, 9.17) is 23.2 Å². The van der Waals surface area contributed by atoms with E-state index in [0.717, 1.165) is 16.1 Å². The van der Waals surface area contributed by atoms with Gasteiger partial charge in [0.25, 0.3) is 0 Å². The molecular weight excluding hydrogens is 576 g/mol. The van der Waals surface area contributed by atoms with Crippen molar-refractivity contribution in [3.8, 4) is 0 Å². The molecule has 0 radical (unpaired) electrons. The summed E-state index contributed by atoms with van der Waals surface area (Å²) in [6, 6.07) is 18.2. The highest BCUT2D eigenvalue weighted by molar-refractivity contribution is 7.92. The monoisotopic (exact) mass is 607 g/mol. The average molecular weight is 609 g/mol. The molecule has 0 heterocycles. The highest BCUT2D eigenvalue weighted by atomic mass is 35.5. The Morgan fingerprint density at radius 2 is 1.62 bits per heavy atom. The molecule has 0 aliphatic rings. The van der Waals surface area contributed by atoms with Crippen LogP contribution in [0.4, 0.5) is 10.1 Å². The van der Waals surface area contributed by atoms with Gasteiger partial charge in [-0.1, -0.05) is 84.7 Å². The van der Waals surface area contributed by atoms with Crippen molar-refractivity contribution in [3.63, 3.8) is 0 Å². The molecule has 0 unspecified atom stereocenters. The van der Waals surface area contributed by atoms with Gasteiger partial charge in [0.15, 0.2) is 0 Å². The second-order valence-electron chi connectivity index (χ2n) is 9.48. The third kappa shape index (κ3) is 8.19. The van der Waals surface area contributed by atoms with Crippen molar-refractivity contribution >= 4 is 50.7 Å². The van der Waals surface area contributed by atoms with Crippen molar-refractivity contribution in [2.24, 2.45) is 0 Å². The van der Waals surface area contributed by atoms with E-state index in [1.165, 1.54) is 41.3 Å². The number of halogens is 3. The molecule has 0 bridgehead atoms. The van der Waals surface area contributed by atoms with Gasteiger partial charge in [0, 0.05) is 24.6 Å². The SMILES string of the molecule is CC[C@H](C)NC(=O)[C@@H](Cc1ccccc1)N(Cc1ccccc1F)C(=O)CN(c1cccc(Cl)c1Cl)S(C)(=O)=O. The van der Waals surface area contributed by atoms with Gasteiger partial charge in [0.1, 0.15) is 18.4 Å². The Morgan fingerprint density at radius 1 is 0.975 bits per heavy atom. The minimum Gasteiger partial charge on any atom is -0.352 e. The van der Waals surface area contributed by atoms with Crippen LogP contribution in [0.2, 0.25) is 10.0 Å². The lowest BCUT2D eigenvalue weighted by Crippen LogP contribution is -2.54. The molecule has 2 amide bonds. The number of nitrogens with one attached hydrogen (secondary N) is 1. The molecule has 214 valence electrons. The van der Waals surface area contributed by atoms with E-state index in [1.54, 1.807) is 6.07 Å². The molecule has 3 rings (SSSR count). The molecule has 2 atom stereocenters. The van der Waals surface area contributed by atoms with E-state index >= 15 is 0 Å². The molecule has 0 aliphatic heterocycles. The number of nitrogens with zero attached hydrogens (tertiary/aromatic N) is 2. The van der Waals surface area contributed by atoms with Crippen molar-refractivity contribution < 1.29 is 22.4 Å². The summed E-state index contributed by atoms with van der Waals surface area (Å²) in [5.41, 5.74) is 0.965. The number of hydrogen-bond acceptors (Lipinski definition) is 4. The van der Waals surface area contributed by atoms with Crippen LogP contribution in [0, 0.1) is 5.82 Å². The van der Waals surface area contributed by atoms with Gasteiger partial charge in [0.05, 0.1) is 22.0 Å². The first-order valence-electron chi connectivity index (χ1n) is 12.7. The van der Waals surface area contributed by atoms with Crippen LogP contribution in [0.25, 0.3) is 0 Å². The van der Waals surface area contributed by atoms with Gasteiger partial charge in [-0.05, 0) is 37.1 Å². The normalized spacial score (nSPS) is 12.8. The molecule has 0 saturated heterocycles. The van der Waals surface area contributed by atoms with E-state index in [1.807, 2.05) is 44.2 Å². The summed E-state index contributed by atoms with van der Waals surface area (Å²) in [5, 5.41) is 2.99. The summed E-state index contributed by atoms with van der Waals surface area (Å²) in [7, 11) is -4.03. The molecule has 0 aromatic heterocycles. The number of anilines is 1. The first-order chi connectivity index (χ1) is 18.9. The third-order valence-electron chi connectivity index (χ3n) is 6.45. The van der Waals surface area contributed by atoms with Gasteiger partial charge in [0.2, 0.25) is 21.8 Å². The van der Waals surface area contributed by atoms with Gasteiger partial charge < -0.3 is 10.2 Å². The van der Waals surface area contributed by atoms with E-state index in [9.17, 15) is 22.4 Å². The number of sulfonamides is 1. The number of rotatable bonds is 12. The number of hydrogen-bond donors (Lipinski definition) is 1. The summed E-state index contributed by atoms with van der Waals surface area (Å²) >= 11 is 12.5. The molecule has 40 heavy (non-hydrogen) atoms. The summed E-state index contributed by atoms with van der Waals surface area (Å²) < 4.78 is 41.4. The fourth-order valence-electron chi connectivity index (χ4n) is 4.08. The molecular formula is C29H32Cl2FN3O4S. The molecule has 3 aromatic rings. The first-order valence-corrected chi connectivity index (χ1v) is 15.3. The molecule has 3 aromatic carbocycles. The summed E-state index contributed by atoms with van der Waals surface area (Å²) in [6.07, 6.45) is 1.72. The van der Waals surface area contributed by atoms with Crippen molar-refractivity contribution in [3.05, 3.63) is 99.8 Å². The standard InChI is InChI=1S/C29H32Cl2FN3O4S/c1-4-20(2)33-29(37)26(17-21-11-6-5-7-12-21)34(18-22-13-8-9-15-24(22)32)27(36)19-35(40(3,38)39)25-16-10-14-23(30)28(25)31/h5-16,20,26H,4,17-19H2,1-3H3,(H,33,37)/t20-,26+/m0/s1. The fourth-order valence-corrected chi connectivity index (χ4v) is 5.39. The highest BCUT2D eigenvalue weighted by Gasteiger charge is 2.34. The van der Waals surface area contributed by atoms with Crippen LogP contribution in [-0.2, 0) is 32.6 Å². The van der Waals surface area contributed by atoms with Gasteiger partial charge >= 0.3 is 0 Å². The maximum Gasteiger partial charge on any atom is 0.244 e. The maximum atomic E-state index is 14.8. The molecule has 7 nitrogen and oxygen atoms in total. The van der Waals surface area contributed by atoms with Gasteiger partial charge in [-0.2, -0.15) is 0 Å². The van der Waals surface area contributed by atoms with Crippen molar-refractivity contribution in [2.75, 3.05) is 17.1 Å². The van der Waals surface area contributed by atoms with E-state index in [2.05, 4.69) is 5.32 Å². The maximum absolute atomic E-state index is 14.8.